The van der Waals surface area contributed by atoms with Gasteiger partial charge in [0.2, 0.25) is 5.91 Å². The number of carbonyl (C=O) groups excluding carboxylic acids is 1. The van der Waals surface area contributed by atoms with Crippen LogP contribution in [-0.2, 0) is 16.0 Å². The number of phenolic OH excluding ortho intramolecular Hbond substituents is 1. The van der Waals surface area contributed by atoms with Crippen molar-refractivity contribution >= 4 is 5.91 Å². The minimum Gasteiger partial charge on any atom is -0.508 e. The van der Waals surface area contributed by atoms with Crippen molar-refractivity contribution in [1.29, 1.82) is 0 Å². The molecule has 0 saturated carbocycles. The Bertz CT molecular complexity index is 422. The number of ether oxygens (including phenoxy) is 1. The number of carbonyl (C=O) groups is 1. The fourth-order valence-electron chi connectivity index (χ4n) is 2.28. The van der Waals surface area contributed by atoms with Crippen LogP contribution in [0.5, 0.6) is 5.75 Å². The smallest absolute Gasteiger partial charge is 0.220 e. The Morgan fingerprint density at radius 1 is 1.42 bits per heavy atom. The molecule has 2 rings (SSSR count). The Kier molecular flexibility index (Phi) is 4.43. The highest BCUT2D eigenvalue weighted by atomic mass is 16.5. The molecule has 1 aromatic carbocycles. The molecule has 1 fully saturated rings. The third kappa shape index (κ3) is 4.24. The maximum atomic E-state index is 11.8. The van der Waals surface area contributed by atoms with Gasteiger partial charge in [-0.15, -0.1) is 0 Å². The van der Waals surface area contributed by atoms with Crippen LogP contribution in [-0.4, -0.2) is 29.8 Å². The summed E-state index contributed by atoms with van der Waals surface area (Å²) in [5, 5.41) is 12.2. The Balaban J connectivity index is 1.70. The summed E-state index contributed by atoms with van der Waals surface area (Å²) in [4.78, 5) is 11.8. The van der Waals surface area contributed by atoms with Gasteiger partial charge in [-0.3, -0.25) is 4.79 Å². The fourth-order valence-corrected chi connectivity index (χ4v) is 2.28. The highest BCUT2D eigenvalue weighted by Gasteiger charge is 2.30. The lowest BCUT2D eigenvalue weighted by atomic mass is 10.0. The molecule has 4 nitrogen and oxygen atoms in total. The highest BCUT2D eigenvalue weighted by Crippen LogP contribution is 2.18. The number of amides is 1. The van der Waals surface area contributed by atoms with Crippen molar-refractivity contribution < 1.29 is 14.6 Å². The number of aromatic hydroxyl groups is 1. The molecule has 0 spiro atoms. The van der Waals surface area contributed by atoms with Crippen molar-refractivity contribution in [2.75, 3.05) is 13.2 Å². The number of phenols is 1. The van der Waals surface area contributed by atoms with E-state index in [1.165, 1.54) is 0 Å². The zero-order valence-electron chi connectivity index (χ0n) is 11.3. The molecule has 1 amide bonds. The molecule has 1 aromatic rings. The van der Waals surface area contributed by atoms with Crippen molar-refractivity contribution in [1.82, 2.24) is 5.32 Å². The summed E-state index contributed by atoms with van der Waals surface area (Å²) in [6.07, 6.45) is 3.07. The SMILES string of the molecule is CC1(NC(=O)CCCc2ccc(O)cc2)CCOC1. The van der Waals surface area contributed by atoms with Crippen LogP contribution >= 0.6 is 0 Å². The van der Waals surface area contributed by atoms with E-state index in [0.29, 0.717) is 13.0 Å². The molecule has 4 heteroatoms. The Morgan fingerprint density at radius 3 is 2.79 bits per heavy atom. The molecule has 1 unspecified atom stereocenters. The first-order valence-electron chi connectivity index (χ1n) is 6.74. The topological polar surface area (TPSA) is 58.6 Å². The maximum Gasteiger partial charge on any atom is 0.220 e. The van der Waals surface area contributed by atoms with Crippen LogP contribution in [0, 0.1) is 0 Å². The van der Waals surface area contributed by atoms with Crippen molar-refractivity contribution in [2.45, 2.75) is 38.1 Å². The summed E-state index contributed by atoms with van der Waals surface area (Å²) >= 11 is 0. The fraction of sp³-hybridized carbons (Fsp3) is 0.533. The van der Waals surface area contributed by atoms with Gasteiger partial charge in [-0.05, 0) is 43.9 Å². The molecule has 0 aliphatic carbocycles. The second-order valence-electron chi connectivity index (χ2n) is 5.43. The van der Waals surface area contributed by atoms with Crippen molar-refractivity contribution in [3.63, 3.8) is 0 Å². The van der Waals surface area contributed by atoms with E-state index in [4.69, 9.17) is 4.74 Å². The van der Waals surface area contributed by atoms with E-state index < -0.39 is 0 Å². The maximum absolute atomic E-state index is 11.8. The van der Waals surface area contributed by atoms with Crippen LogP contribution < -0.4 is 5.32 Å². The standard InChI is InChI=1S/C15H21NO3/c1-15(9-10-19-11-15)16-14(18)4-2-3-12-5-7-13(17)8-6-12/h5-8,17H,2-4,9-11H2,1H3,(H,16,18). The second kappa shape index (κ2) is 6.06. The summed E-state index contributed by atoms with van der Waals surface area (Å²) in [5.74, 6) is 0.363. The largest absolute Gasteiger partial charge is 0.508 e. The second-order valence-corrected chi connectivity index (χ2v) is 5.43. The third-order valence-electron chi connectivity index (χ3n) is 3.47. The zero-order chi connectivity index (χ0) is 13.7. The van der Waals surface area contributed by atoms with Crippen molar-refractivity contribution in [3.05, 3.63) is 29.8 Å². The molecule has 0 bridgehead atoms. The molecule has 2 N–H and O–H groups in total. The number of hydrogen-bond donors (Lipinski definition) is 2. The predicted molar refractivity (Wildman–Crippen MR) is 73.0 cm³/mol. The average molecular weight is 263 g/mol. The monoisotopic (exact) mass is 263 g/mol. The quantitative estimate of drug-likeness (QED) is 0.854. The Labute approximate surface area is 113 Å². The van der Waals surface area contributed by atoms with Gasteiger partial charge in [0.1, 0.15) is 5.75 Å². The van der Waals surface area contributed by atoms with Crippen molar-refractivity contribution in [2.24, 2.45) is 0 Å². The number of hydrogen-bond acceptors (Lipinski definition) is 3. The highest BCUT2D eigenvalue weighted by molar-refractivity contribution is 5.76. The summed E-state index contributed by atoms with van der Waals surface area (Å²) < 4.78 is 5.31. The Hall–Kier alpha value is -1.55. The van der Waals surface area contributed by atoms with Gasteiger partial charge >= 0.3 is 0 Å². The third-order valence-corrected chi connectivity index (χ3v) is 3.47. The van der Waals surface area contributed by atoms with Crippen LogP contribution in [0.15, 0.2) is 24.3 Å². The number of aryl methyl sites for hydroxylation is 1. The van der Waals surface area contributed by atoms with Crippen LogP contribution in [0.4, 0.5) is 0 Å². The molecular formula is C15H21NO3. The number of nitrogens with one attached hydrogen (secondary N) is 1. The summed E-state index contributed by atoms with van der Waals surface area (Å²) in [6, 6.07) is 7.12. The lowest BCUT2D eigenvalue weighted by molar-refractivity contribution is -0.123. The molecule has 104 valence electrons. The van der Waals surface area contributed by atoms with E-state index in [2.05, 4.69) is 5.32 Å². The lowest BCUT2D eigenvalue weighted by Crippen LogP contribution is -2.46. The minimum atomic E-state index is -0.185. The molecule has 1 saturated heterocycles. The molecule has 19 heavy (non-hydrogen) atoms. The first-order valence-corrected chi connectivity index (χ1v) is 6.74. The van der Waals surface area contributed by atoms with E-state index in [1.54, 1.807) is 12.1 Å². The van der Waals surface area contributed by atoms with Crippen molar-refractivity contribution in [3.8, 4) is 5.75 Å². The normalized spacial score (nSPS) is 22.4. The van der Waals surface area contributed by atoms with E-state index in [9.17, 15) is 9.90 Å². The van der Waals surface area contributed by atoms with E-state index in [1.807, 2.05) is 19.1 Å². The van der Waals surface area contributed by atoms with Gasteiger partial charge in [-0.25, -0.2) is 0 Å². The summed E-state index contributed by atoms with van der Waals surface area (Å²) in [5.41, 5.74) is 0.955. The molecule has 1 aliphatic rings. The van der Waals surface area contributed by atoms with Crippen LogP contribution in [0.25, 0.3) is 0 Å². The van der Waals surface area contributed by atoms with Gasteiger partial charge in [0, 0.05) is 13.0 Å². The lowest BCUT2D eigenvalue weighted by Gasteiger charge is -2.23. The van der Waals surface area contributed by atoms with Gasteiger partial charge in [0.15, 0.2) is 0 Å². The zero-order valence-corrected chi connectivity index (χ0v) is 11.3. The van der Waals surface area contributed by atoms with Gasteiger partial charge in [0.25, 0.3) is 0 Å². The van der Waals surface area contributed by atoms with Gasteiger partial charge in [-0.2, -0.15) is 0 Å². The van der Waals surface area contributed by atoms with Crippen LogP contribution in [0.2, 0.25) is 0 Å². The van der Waals surface area contributed by atoms with E-state index in [-0.39, 0.29) is 17.2 Å². The average Bonchev–Trinajstić information content (AvgIpc) is 2.78. The van der Waals surface area contributed by atoms with Gasteiger partial charge < -0.3 is 15.2 Å². The molecule has 0 aromatic heterocycles. The Morgan fingerprint density at radius 2 is 2.16 bits per heavy atom. The molecule has 1 heterocycles. The predicted octanol–water partition coefficient (Wildman–Crippen LogP) is 2.01. The molecular weight excluding hydrogens is 242 g/mol. The van der Waals surface area contributed by atoms with Gasteiger partial charge in [0.05, 0.1) is 12.1 Å². The first-order chi connectivity index (χ1) is 9.07. The summed E-state index contributed by atoms with van der Waals surface area (Å²) in [7, 11) is 0. The van der Waals surface area contributed by atoms with Crippen LogP contribution in [0.3, 0.4) is 0 Å². The van der Waals surface area contributed by atoms with E-state index >= 15 is 0 Å². The minimum absolute atomic E-state index is 0.0896. The molecule has 0 radical (unpaired) electrons. The summed E-state index contributed by atoms with van der Waals surface area (Å²) in [6.45, 7) is 3.36. The van der Waals surface area contributed by atoms with Gasteiger partial charge in [-0.1, -0.05) is 12.1 Å². The molecule has 1 atom stereocenters. The van der Waals surface area contributed by atoms with Crippen LogP contribution in [0.1, 0.15) is 31.7 Å². The first kappa shape index (κ1) is 13.9. The van der Waals surface area contributed by atoms with E-state index in [0.717, 1.165) is 31.4 Å². The number of rotatable bonds is 5. The number of benzene rings is 1. The molecule has 1 aliphatic heterocycles.